The summed E-state index contributed by atoms with van der Waals surface area (Å²) in [5, 5.41) is 9.07. The standard InChI is InChI=1S/C17H9F2N3/c18-13-5-1-11(2-6-13)15-9-16(22-17(10-20)21-15)12-3-7-14(19)8-4-12/h1-9H. The lowest BCUT2D eigenvalue weighted by molar-refractivity contribution is 0.627. The SMILES string of the molecule is N#Cc1nc(-c2ccc(F)cc2)cc(-c2ccc(F)cc2)n1. The summed E-state index contributed by atoms with van der Waals surface area (Å²) in [5.74, 6) is -0.699. The first kappa shape index (κ1) is 13.8. The zero-order valence-corrected chi connectivity index (χ0v) is 11.3. The maximum atomic E-state index is 13.0. The van der Waals surface area contributed by atoms with Crippen molar-refractivity contribution in [3.63, 3.8) is 0 Å². The van der Waals surface area contributed by atoms with Gasteiger partial charge in [0, 0.05) is 11.1 Å². The fourth-order valence-corrected chi connectivity index (χ4v) is 2.03. The summed E-state index contributed by atoms with van der Waals surface area (Å²) >= 11 is 0. The number of halogens is 2. The van der Waals surface area contributed by atoms with Crippen molar-refractivity contribution in [2.45, 2.75) is 0 Å². The van der Waals surface area contributed by atoms with Crippen LogP contribution in [-0.2, 0) is 0 Å². The van der Waals surface area contributed by atoms with Crippen molar-refractivity contribution >= 4 is 0 Å². The van der Waals surface area contributed by atoms with Gasteiger partial charge >= 0.3 is 0 Å². The topological polar surface area (TPSA) is 49.6 Å². The minimum Gasteiger partial charge on any atom is -0.219 e. The van der Waals surface area contributed by atoms with Crippen molar-refractivity contribution in [3.05, 3.63) is 72.1 Å². The van der Waals surface area contributed by atoms with E-state index in [-0.39, 0.29) is 17.5 Å². The lowest BCUT2D eigenvalue weighted by Crippen LogP contribution is -1.95. The number of nitriles is 1. The molecule has 0 bridgehead atoms. The molecule has 3 nitrogen and oxygen atoms in total. The summed E-state index contributed by atoms with van der Waals surface area (Å²) in [7, 11) is 0. The summed E-state index contributed by atoms with van der Waals surface area (Å²) in [4.78, 5) is 8.25. The van der Waals surface area contributed by atoms with Gasteiger partial charge in [-0.3, -0.25) is 0 Å². The first-order chi connectivity index (χ1) is 10.7. The van der Waals surface area contributed by atoms with Crippen LogP contribution in [0.1, 0.15) is 5.82 Å². The van der Waals surface area contributed by atoms with Crippen molar-refractivity contribution in [3.8, 4) is 28.6 Å². The van der Waals surface area contributed by atoms with Crippen LogP contribution in [0.25, 0.3) is 22.5 Å². The zero-order chi connectivity index (χ0) is 15.5. The van der Waals surface area contributed by atoms with Crippen LogP contribution in [0.5, 0.6) is 0 Å². The molecule has 0 unspecified atom stereocenters. The van der Waals surface area contributed by atoms with E-state index in [1.807, 2.05) is 6.07 Å². The molecule has 0 saturated heterocycles. The van der Waals surface area contributed by atoms with Gasteiger partial charge in [0.25, 0.3) is 0 Å². The molecule has 5 heteroatoms. The minimum absolute atomic E-state index is 0.00106. The number of rotatable bonds is 2. The van der Waals surface area contributed by atoms with Crippen LogP contribution < -0.4 is 0 Å². The molecule has 0 amide bonds. The summed E-state index contributed by atoms with van der Waals surface area (Å²) in [5.41, 5.74) is 2.35. The fourth-order valence-electron chi connectivity index (χ4n) is 2.03. The molecule has 3 aromatic rings. The molecule has 2 aromatic carbocycles. The van der Waals surface area contributed by atoms with E-state index in [9.17, 15) is 8.78 Å². The third-order valence-corrected chi connectivity index (χ3v) is 3.11. The summed E-state index contributed by atoms with van der Waals surface area (Å²) in [6.07, 6.45) is 0. The Balaban J connectivity index is 2.12. The predicted molar refractivity (Wildman–Crippen MR) is 77.5 cm³/mol. The van der Waals surface area contributed by atoms with Crippen LogP contribution in [0.3, 0.4) is 0 Å². The van der Waals surface area contributed by atoms with Crippen LogP contribution in [0.2, 0.25) is 0 Å². The number of nitrogens with zero attached hydrogens (tertiary/aromatic N) is 3. The Morgan fingerprint density at radius 1 is 0.727 bits per heavy atom. The second-order valence-corrected chi connectivity index (χ2v) is 4.59. The second kappa shape index (κ2) is 5.70. The van der Waals surface area contributed by atoms with Crippen molar-refractivity contribution in [1.29, 1.82) is 5.26 Å². The van der Waals surface area contributed by atoms with Crippen LogP contribution in [0, 0.1) is 23.0 Å². The Bertz CT molecular complexity index is 787. The maximum absolute atomic E-state index is 13.0. The zero-order valence-electron chi connectivity index (χ0n) is 11.3. The van der Waals surface area contributed by atoms with Crippen LogP contribution in [0.4, 0.5) is 8.78 Å². The van der Waals surface area contributed by atoms with E-state index < -0.39 is 0 Å². The quantitative estimate of drug-likeness (QED) is 0.718. The van der Waals surface area contributed by atoms with Crippen LogP contribution >= 0.6 is 0 Å². The van der Waals surface area contributed by atoms with E-state index in [2.05, 4.69) is 9.97 Å². The fraction of sp³-hybridized carbons (Fsp3) is 0. The molecule has 3 rings (SSSR count). The first-order valence-electron chi connectivity index (χ1n) is 6.47. The van der Waals surface area contributed by atoms with Gasteiger partial charge in [-0.15, -0.1) is 0 Å². The average Bonchev–Trinajstić information content (AvgIpc) is 2.55. The highest BCUT2D eigenvalue weighted by molar-refractivity contribution is 5.68. The van der Waals surface area contributed by atoms with Gasteiger partial charge in [-0.2, -0.15) is 5.26 Å². The van der Waals surface area contributed by atoms with Crippen molar-refractivity contribution in [2.24, 2.45) is 0 Å². The number of benzene rings is 2. The molecule has 0 aliphatic rings. The Morgan fingerprint density at radius 3 is 1.50 bits per heavy atom. The third kappa shape index (κ3) is 2.81. The van der Waals surface area contributed by atoms with E-state index in [1.54, 1.807) is 30.3 Å². The molecule has 0 saturated carbocycles. The minimum atomic E-state index is -0.350. The molecular formula is C17H9F2N3. The molecular weight excluding hydrogens is 284 g/mol. The lowest BCUT2D eigenvalue weighted by Gasteiger charge is -2.06. The van der Waals surface area contributed by atoms with Crippen LogP contribution in [-0.4, -0.2) is 9.97 Å². The molecule has 0 radical (unpaired) electrons. The van der Waals surface area contributed by atoms with Gasteiger partial charge in [0.05, 0.1) is 11.4 Å². The lowest BCUT2D eigenvalue weighted by atomic mass is 10.1. The Morgan fingerprint density at radius 2 is 1.14 bits per heavy atom. The average molecular weight is 293 g/mol. The van der Waals surface area contributed by atoms with Crippen molar-refractivity contribution in [2.75, 3.05) is 0 Å². The highest BCUT2D eigenvalue weighted by Crippen LogP contribution is 2.24. The Hall–Kier alpha value is -3.13. The highest BCUT2D eigenvalue weighted by atomic mass is 19.1. The van der Waals surface area contributed by atoms with E-state index >= 15 is 0 Å². The van der Waals surface area contributed by atoms with Gasteiger partial charge in [0.1, 0.15) is 17.7 Å². The molecule has 0 atom stereocenters. The van der Waals surface area contributed by atoms with Gasteiger partial charge in [0.15, 0.2) is 0 Å². The van der Waals surface area contributed by atoms with Gasteiger partial charge in [-0.05, 0) is 54.6 Å². The van der Waals surface area contributed by atoms with Gasteiger partial charge < -0.3 is 0 Å². The first-order valence-corrected chi connectivity index (χ1v) is 6.47. The van der Waals surface area contributed by atoms with Crippen molar-refractivity contribution < 1.29 is 8.78 Å². The van der Waals surface area contributed by atoms with Gasteiger partial charge in [0.2, 0.25) is 5.82 Å². The predicted octanol–water partition coefficient (Wildman–Crippen LogP) is 3.96. The van der Waals surface area contributed by atoms with Crippen LogP contribution in [0.15, 0.2) is 54.6 Å². The molecule has 22 heavy (non-hydrogen) atoms. The molecule has 0 aliphatic heterocycles. The number of aromatic nitrogens is 2. The normalized spacial score (nSPS) is 10.2. The summed E-state index contributed by atoms with van der Waals surface area (Å²) in [6.45, 7) is 0. The molecule has 1 aromatic heterocycles. The molecule has 0 spiro atoms. The second-order valence-electron chi connectivity index (χ2n) is 4.59. The molecule has 0 aliphatic carbocycles. The largest absolute Gasteiger partial charge is 0.233 e. The van der Waals surface area contributed by atoms with E-state index in [4.69, 9.17) is 5.26 Å². The Labute approximate surface area is 125 Å². The number of hydrogen-bond donors (Lipinski definition) is 0. The molecule has 0 N–H and O–H groups in total. The maximum Gasteiger partial charge on any atom is 0.233 e. The van der Waals surface area contributed by atoms with E-state index in [0.29, 0.717) is 22.5 Å². The van der Waals surface area contributed by atoms with E-state index in [1.165, 1.54) is 24.3 Å². The van der Waals surface area contributed by atoms with Gasteiger partial charge in [-0.25, -0.2) is 18.7 Å². The highest BCUT2D eigenvalue weighted by Gasteiger charge is 2.08. The summed E-state index contributed by atoms with van der Waals surface area (Å²) < 4.78 is 26.0. The monoisotopic (exact) mass is 293 g/mol. The van der Waals surface area contributed by atoms with Crippen molar-refractivity contribution in [1.82, 2.24) is 9.97 Å². The molecule has 106 valence electrons. The number of hydrogen-bond acceptors (Lipinski definition) is 3. The van der Waals surface area contributed by atoms with Gasteiger partial charge in [-0.1, -0.05) is 0 Å². The molecule has 1 heterocycles. The third-order valence-electron chi connectivity index (χ3n) is 3.11. The van der Waals surface area contributed by atoms with E-state index in [0.717, 1.165) is 0 Å². The summed E-state index contributed by atoms with van der Waals surface area (Å²) in [6, 6.07) is 15.2. The smallest absolute Gasteiger partial charge is 0.219 e. The molecule has 0 fully saturated rings. The Kier molecular flexibility index (Phi) is 3.58.